The van der Waals surface area contributed by atoms with Gasteiger partial charge < -0.3 is 5.73 Å². The second-order valence-electron chi connectivity index (χ2n) is 2.75. The van der Waals surface area contributed by atoms with Crippen LogP contribution < -0.4 is 5.73 Å². The van der Waals surface area contributed by atoms with Crippen LogP contribution in [0.25, 0.3) is 10.9 Å². The molecule has 2 N–H and O–H groups in total. The molecular weight excluding hydrogens is 150 g/mol. The van der Waals surface area contributed by atoms with Gasteiger partial charge in [0.15, 0.2) is 0 Å². The Morgan fingerprint density at radius 2 is 2.17 bits per heavy atom. The van der Waals surface area contributed by atoms with Crippen LogP contribution in [0.3, 0.4) is 0 Å². The molecule has 3 nitrogen and oxygen atoms in total. The number of nitrogens with two attached hydrogens (primary N) is 1. The quantitative estimate of drug-likeness (QED) is 0.634. The summed E-state index contributed by atoms with van der Waals surface area (Å²) in [6.45, 7) is 1.95. The summed E-state index contributed by atoms with van der Waals surface area (Å²) >= 11 is 0. The summed E-state index contributed by atoms with van der Waals surface area (Å²) in [5, 5.41) is 1.04. The molecule has 0 spiro atoms. The maximum atomic E-state index is 5.52. The van der Waals surface area contributed by atoms with E-state index in [9.17, 15) is 0 Å². The highest BCUT2D eigenvalue weighted by Gasteiger charge is 1.95. The van der Waals surface area contributed by atoms with E-state index in [0.29, 0.717) is 5.82 Å². The van der Waals surface area contributed by atoms with Gasteiger partial charge in [-0.1, -0.05) is 6.07 Å². The van der Waals surface area contributed by atoms with Gasteiger partial charge in [-0.3, -0.25) is 4.98 Å². The first kappa shape index (κ1) is 7.03. The highest BCUT2D eigenvalue weighted by atomic mass is 14.8. The van der Waals surface area contributed by atoms with Crippen molar-refractivity contribution >= 4 is 16.7 Å². The van der Waals surface area contributed by atoms with Gasteiger partial charge in [-0.15, -0.1) is 0 Å². The summed E-state index contributed by atoms with van der Waals surface area (Å²) < 4.78 is 0. The third-order valence-corrected chi connectivity index (χ3v) is 1.74. The van der Waals surface area contributed by atoms with Gasteiger partial charge in [0.1, 0.15) is 5.82 Å². The number of nitrogen functional groups attached to an aromatic ring is 1. The van der Waals surface area contributed by atoms with Gasteiger partial charge >= 0.3 is 0 Å². The number of hydrogen-bond donors (Lipinski definition) is 1. The Hall–Kier alpha value is -1.64. The molecule has 12 heavy (non-hydrogen) atoms. The zero-order valence-corrected chi connectivity index (χ0v) is 6.78. The van der Waals surface area contributed by atoms with Crippen LogP contribution in [0, 0.1) is 6.92 Å². The summed E-state index contributed by atoms with van der Waals surface area (Å²) in [7, 11) is 0. The predicted octanol–water partition coefficient (Wildman–Crippen LogP) is 1.52. The van der Waals surface area contributed by atoms with E-state index in [1.807, 2.05) is 25.1 Å². The van der Waals surface area contributed by atoms with E-state index in [-0.39, 0.29) is 0 Å². The van der Waals surface area contributed by atoms with Crippen LogP contribution in [-0.2, 0) is 0 Å². The Bertz CT molecular complexity index is 382. The van der Waals surface area contributed by atoms with Crippen molar-refractivity contribution in [2.24, 2.45) is 0 Å². The Balaban J connectivity index is 2.79. The van der Waals surface area contributed by atoms with Crippen LogP contribution in [0.1, 0.15) is 5.69 Å². The zero-order chi connectivity index (χ0) is 8.55. The van der Waals surface area contributed by atoms with E-state index in [2.05, 4.69) is 9.97 Å². The summed E-state index contributed by atoms with van der Waals surface area (Å²) in [6, 6.07) is 5.78. The van der Waals surface area contributed by atoms with Crippen LogP contribution in [0.4, 0.5) is 5.82 Å². The Labute approximate surface area is 70.3 Å². The lowest BCUT2D eigenvalue weighted by molar-refractivity contribution is 1.23. The fourth-order valence-corrected chi connectivity index (χ4v) is 1.15. The summed E-state index contributed by atoms with van der Waals surface area (Å²) in [5.41, 5.74) is 7.41. The highest BCUT2D eigenvalue weighted by Crippen LogP contribution is 2.12. The number of nitrogens with zero attached hydrogens (tertiary/aromatic N) is 2. The minimum Gasteiger partial charge on any atom is -0.384 e. The van der Waals surface area contributed by atoms with Crippen LogP contribution in [0.15, 0.2) is 24.4 Å². The van der Waals surface area contributed by atoms with E-state index in [4.69, 9.17) is 5.73 Å². The molecule has 0 aliphatic carbocycles. The van der Waals surface area contributed by atoms with E-state index in [1.165, 1.54) is 0 Å². The second-order valence-corrected chi connectivity index (χ2v) is 2.75. The number of fused-ring (bicyclic) bond motifs is 1. The van der Waals surface area contributed by atoms with Gasteiger partial charge in [0, 0.05) is 11.1 Å². The molecule has 0 fully saturated rings. The lowest BCUT2D eigenvalue weighted by Gasteiger charge is -1.98. The number of pyridine rings is 2. The molecule has 0 aliphatic heterocycles. The van der Waals surface area contributed by atoms with Gasteiger partial charge in [-0.05, 0) is 19.1 Å². The Kier molecular flexibility index (Phi) is 1.43. The highest BCUT2D eigenvalue weighted by molar-refractivity contribution is 5.79. The van der Waals surface area contributed by atoms with Gasteiger partial charge in [-0.25, -0.2) is 4.98 Å². The zero-order valence-electron chi connectivity index (χ0n) is 6.78. The average molecular weight is 159 g/mol. The molecule has 0 bridgehead atoms. The first-order valence-electron chi connectivity index (χ1n) is 3.74. The largest absolute Gasteiger partial charge is 0.384 e. The van der Waals surface area contributed by atoms with Gasteiger partial charge in [-0.2, -0.15) is 0 Å². The molecule has 2 rings (SSSR count). The summed E-state index contributed by atoms with van der Waals surface area (Å²) in [4.78, 5) is 8.26. The lowest BCUT2D eigenvalue weighted by Crippen LogP contribution is -1.90. The molecule has 0 atom stereocenters. The smallest absolute Gasteiger partial charge is 0.124 e. The molecule has 2 aromatic rings. The van der Waals surface area contributed by atoms with Crippen molar-refractivity contribution in [2.45, 2.75) is 6.92 Å². The van der Waals surface area contributed by atoms with E-state index >= 15 is 0 Å². The van der Waals surface area contributed by atoms with Crippen LogP contribution >= 0.6 is 0 Å². The van der Waals surface area contributed by atoms with E-state index < -0.39 is 0 Å². The molecular formula is C9H9N3. The third kappa shape index (κ3) is 1.09. The van der Waals surface area contributed by atoms with Crippen LogP contribution in [0.2, 0.25) is 0 Å². The molecule has 2 heterocycles. The van der Waals surface area contributed by atoms with Crippen molar-refractivity contribution in [2.75, 3.05) is 5.73 Å². The van der Waals surface area contributed by atoms with Crippen molar-refractivity contribution in [1.29, 1.82) is 0 Å². The normalized spacial score (nSPS) is 10.4. The molecule has 0 radical (unpaired) electrons. The predicted molar refractivity (Wildman–Crippen MR) is 48.7 cm³/mol. The Morgan fingerprint density at radius 3 is 3.00 bits per heavy atom. The Morgan fingerprint density at radius 1 is 1.33 bits per heavy atom. The molecule has 2 aromatic heterocycles. The summed E-state index contributed by atoms with van der Waals surface area (Å²) in [6.07, 6.45) is 1.69. The minimum absolute atomic E-state index is 0.535. The number of aromatic nitrogens is 2. The number of rotatable bonds is 0. The van der Waals surface area contributed by atoms with E-state index in [0.717, 1.165) is 16.6 Å². The molecule has 0 aromatic carbocycles. The van der Waals surface area contributed by atoms with Gasteiger partial charge in [0.05, 0.1) is 11.7 Å². The third-order valence-electron chi connectivity index (χ3n) is 1.74. The van der Waals surface area contributed by atoms with Crippen LogP contribution in [0.5, 0.6) is 0 Å². The van der Waals surface area contributed by atoms with Crippen LogP contribution in [-0.4, -0.2) is 9.97 Å². The molecule has 0 aliphatic rings. The van der Waals surface area contributed by atoms with Crippen molar-refractivity contribution in [3.05, 3.63) is 30.1 Å². The fraction of sp³-hybridized carbons (Fsp3) is 0.111. The van der Waals surface area contributed by atoms with Crippen molar-refractivity contribution in [3.63, 3.8) is 0 Å². The molecule has 0 unspecified atom stereocenters. The molecule has 0 saturated heterocycles. The maximum absolute atomic E-state index is 5.52. The second kappa shape index (κ2) is 2.44. The first-order chi connectivity index (χ1) is 5.75. The molecule has 3 heteroatoms. The molecule has 60 valence electrons. The van der Waals surface area contributed by atoms with E-state index in [1.54, 1.807) is 6.20 Å². The van der Waals surface area contributed by atoms with Gasteiger partial charge in [0.2, 0.25) is 0 Å². The topological polar surface area (TPSA) is 51.8 Å². The maximum Gasteiger partial charge on any atom is 0.124 e. The number of hydrogen-bond acceptors (Lipinski definition) is 3. The SMILES string of the molecule is Cc1ccc2cc(N)ncc2n1. The van der Waals surface area contributed by atoms with Crippen molar-refractivity contribution in [3.8, 4) is 0 Å². The average Bonchev–Trinajstić information content (AvgIpc) is 2.05. The monoisotopic (exact) mass is 159 g/mol. The summed E-state index contributed by atoms with van der Waals surface area (Å²) in [5.74, 6) is 0.535. The van der Waals surface area contributed by atoms with Crippen molar-refractivity contribution in [1.82, 2.24) is 9.97 Å². The number of aryl methyl sites for hydroxylation is 1. The lowest BCUT2D eigenvalue weighted by atomic mass is 10.2. The fourth-order valence-electron chi connectivity index (χ4n) is 1.15. The number of anilines is 1. The molecule has 0 saturated carbocycles. The first-order valence-corrected chi connectivity index (χ1v) is 3.74. The van der Waals surface area contributed by atoms with Gasteiger partial charge in [0.25, 0.3) is 0 Å². The standard InChI is InChI=1S/C9H9N3/c1-6-2-3-7-4-9(10)11-5-8(7)12-6/h2-5H,1H3,(H2,10,11). The van der Waals surface area contributed by atoms with Crippen molar-refractivity contribution < 1.29 is 0 Å². The minimum atomic E-state index is 0.535. The molecule has 0 amide bonds.